The molecular formula is C18H25FN4. The Labute approximate surface area is 136 Å². The summed E-state index contributed by atoms with van der Waals surface area (Å²) in [6.07, 6.45) is 6.21. The molecule has 0 saturated carbocycles. The van der Waals surface area contributed by atoms with Crippen LogP contribution in [-0.2, 0) is 7.05 Å². The molecule has 0 amide bonds. The molecule has 0 spiro atoms. The lowest BCUT2D eigenvalue weighted by atomic mass is 9.84. The molecule has 1 aromatic carbocycles. The van der Waals surface area contributed by atoms with Gasteiger partial charge in [-0.1, -0.05) is 6.07 Å². The number of para-hydroxylation sites is 1. The van der Waals surface area contributed by atoms with Crippen LogP contribution in [0.1, 0.15) is 32.1 Å². The lowest BCUT2D eigenvalue weighted by Crippen LogP contribution is -2.47. The average Bonchev–Trinajstić information content (AvgIpc) is 2.94. The van der Waals surface area contributed by atoms with Crippen molar-refractivity contribution < 1.29 is 4.39 Å². The van der Waals surface area contributed by atoms with Crippen molar-refractivity contribution in [1.29, 1.82) is 0 Å². The fourth-order valence-corrected chi connectivity index (χ4v) is 4.42. The summed E-state index contributed by atoms with van der Waals surface area (Å²) in [6, 6.07) is 5.88. The van der Waals surface area contributed by atoms with E-state index in [9.17, 15) is 4.39 Å². The first-order valence-electron chi connectivity index (χ1n) is 8.84. The van der Waals surface area contributed by atoms with E-state index >= 15 is 0 Å². The number of hydrogen-bond acceptors (Lipinski definition) is 3. The number of fused-ring (bicyclic) bond motifs is 1. The predicted molar refractivity (Wildman–Crippen MR) is 91.3 cm³/mol. The Kier molecular flexibility index (Phi) is 3.97. The molecule has 4 rings (SSSR count). The Morgan fingerprint density at radius 2 is 2.00 bits per heavy atom. The van der Waals surface area contributed by atoms with Crippen LogP contribution in [0.15, 0.2) is 18.2 Å². The Balaban J connectivity index is 1.73. The quantitative estimate of drug-likeness (QED) is 0.924. The third-order valence-corrected chi connectivity index (χ3v) is 5.55. The summed E-state index contributed by atoms with van der Waals surface area (Å²) in [4.78, 5) is 2.47. The third kappa shape index (κ3) is 2.61. The van der Waals surface area contributed by atoms with Crippen LogP contribution >= 0.6 is 0 Å². The van der Waals surface area contributed by atoms with Gasteiger partial charge in [0, 0.05) is 25.0 Å². The molecule has 3 heterocycles. The van der Waals surface area contributed by atoms with Crippen molar-refractivity contribution in [1.82, 2.24) is 15.1 Å². The number of halogens is 1. The predicted octanol–water partition coefficient (Wildman–Crippen LogP) is 3.07. The van der Waals surface area contributed by atoms with Crippen LogP contribution < -0.4 is 10.2 Å². The summed E-state index contributed by atoms with van der Waals surface area (Å²) >= 11 is 0. The van der Waals surface area contributed by atoms with E-state index < -0.39 is 0 Å². The van der Waals surface area contributed by atoms with E-state index in [1.165, 1.54) is 38.2 Å². The standard InChI is InChI=1S/C18H25FN4/c1-22-17-14(5-4-6-15(17)19)18(21-22)23-12-3-2-7-16(23)13-8-10-20-11-9-13/h4-6,13,16,20H,2-3,7-12H2,1H3. The zero-order valence-corrected chi connectivity index (χ0v) is 13.8. The van der Waals surface area contributed by atoms with E-state index in [0.29, 0.717) is 11.6 Å². The Morgan fingerprint density at radius 3 is 2.83 bits per heavy atom. The molecule has 5 heteroatoms. The number of rotatable bonds is 2. The van der Waals surface area contributed by atoms with E-state index in [-0.39, 0.29) is 5.82 Å². The van der Waals surface area contributed by atoms with E-state index in [4.69, 9.17) is 5.10 Å². The van der Waals surface area contributed by atoms with Crippen LogP contribution in [0.5, 0.6) is 0 Å². The molecule has 1 unspecified atom stereocenters. The SMILES string of the molecule is Cn1nc(N2CCCCC2C2CCNCC2)c2cccc(F)c21. The maximum absolute atomic E-state index is 14.2. The second kappa shape index (κ2) is 6.11. The van der Waals surface area contributed by atoms with Gasteiger partial charge >= 0.3 is 0 Å². The molecule has 1 aromatic heterocycles. The number of benzene rings is 1. The molecule has 2 saturated heterocycles. The fourth-order valence-electron chi connectivity index (χ4n) is 4.42. The highest BCUT2D eigenvalue weighted by molar-refractivity contribution is 5.91. The van der Waals surface area contributed by atoms with Gasteiger partial charge in [-0.2, -0.15) is 5.10 Å². The van der Waals surface area contributed by atoms with Crippen molar-refractivity contribution in [2.24, 2.45) is 13.0 Å². The molecule has 0 radical (unpaired) electrons. The molecule has 2 aromatic rings. The molecule has 1 atom stereocenters. The molecule has 1 N–H and O–H groups in total. The number of aromatic nitrogens is 2. The molecule has 23 heavy (non-hydrogen) atoms. The normalized spacial score (nSPS) is 23.6. The molecule has 0 bridgehead atoms. The molecule has 2 fully saturated rings. The number of piperidine rings is 2. The first kappa shape index (κ1) is 14.9. The van der Waals surface area contributed by atoms with Crippen molar-refractivity contribution in [3.63, 3.8) is 0 Å². The second-order valence-corrected chi connectivity index (χ2v) is 6.93. The zero-order chi connectivity index (χ0) is 15.8. The van der Waals surface area contributed by atoms with Crippen molar-refractivity contribution in [3.8, 4) is 0 Å². The summed E-state index contributed by atoms with van der Waals surface area (Å²) in [6.45, 7) is 3.27. The molecule has 2 aliphatic rings. The highest BCUT2D eigenvalue weighted by Crippen LogP contribution is 2.36. The number of aryl methyl sites for hydroxylation is 1. The third-order valence-electron chi connectivity index (χ3n) is 5.55. The smallest absolute Gasteiger partial charge is 0.158 e. The van der Waals surface area contributed by atoms with E-state index in [2.05, 4.69) is 10.2 Å². The van der Waals surface area contributed by atoms with Gasteiger partial charge < -0.3 is 10.2 Å². The van der Waals surface area contributed by atoms with Crippen molar-refractivity contribution in [2.45, 2.75) is 38.1 Å². The van der Waals surface area contributed by atoms with Gasteiger partial charge in [-0.15, -0.1) is 0 Å². The number of nitrogens with one attached hydrogen (secondary N) is 1. The highest BCUT2D eigenvalue weighted by Gasteiger charge is 2.33. The lowest BCUT2D eigenvalue weighted by Gasteiger charge is -2.42. The van der Waals surface area contributed by atoms with Crippen molar-refractivity contribution in [3.05, 3.63) is 24.0 Å². The van der Waals surface area contributed by atoms with Gasteiger partial charge in [0.15, 0.2) is 5.82 Å². The topological polar surface area (TPSA) is 33.1 Å². The maximum Gasteiger partial charge on any atom is 0.158 e. The fraction of sp³-hybridized carbons (Fsp3) is 0.611. The van der Waals surface area contributed by atoms with Crippen LogP contribution in [0.25, 0.3) is 10.9 Å². The van der Waals surface area contributed by atoms with Crippen LogP contribution in [-0.4, -0.2) is 35.5 Å². The van der Waals surface area contributed by atoms with Crippen LogP contribution in [0.2, 0.25) is 0 Å². The van der Waals surface area contributed by atoms with E-state index in [1.54, 1.807) is 10.7 Å². The van der Waals surface area contributed by atoms with Gasteiger partial charge in [-0.3, -0.25) is 4.68 Å². The van der Waals surface area contributed by atoms with Crippen LogP contribution in [0.3, 0.4) is 0 Å². The number of anilines is 1. The monoisotopic (exact) mass is 316 g/mol. The van der Waals surface area contributed by atoms with E-state index in [0.717, 1.165) is 36.8 Å². The van der Waals surface area contributed by atoms with Gasteiger partial charge in [-0.05, 0) is 63.2 Å². The Bertz CT molecular complexity index is 690. The molecule has 2 aliphatic heterocycles. The molecule has 0 aliphatic carbocycles. The van der Waals surface area contributed by atoms with Gasteiger partial charge in [0.1, 0.15) is 11.3 Å². The zero-order valence-electron chi connectivity index (χ0n) is 13.8. The highest BCUT2D eigenvalue weighted by atomic mass is 19.1. The van der Waals surface area contributed by atoms with Gasteiger partial charge in [0.2, 0.25) is 0 Å². The Hall–Kier alpha value is -1.62. The van der Waals surface area contributed by atoms with Crippen molar-refractivity contribution >= 4 is 16.7 Å². The summed E-state index contributed by atoms with van der Waals surface area (Å²) in [5, 5.41) is 9.12. The summed E-state index contributed by atoms with van der Waals surface area (Å²) in [7, 11) is 1.85. The van der Waals surface area contributed by atoms with E-state index in [1.807, 2.05) is 13.1 Å². The minimum atomic E-state index is -0.181. The molecule has 124 valence electrons. The van der Waals surface area contributed by atoms with Crippen LogP contribution in [0, 0.1) is 11.7 Å². The minimum absolute atomic E-state index is 0.181. The second-order valence-electron chi connectivity index (χ2n) is 6.93. The Morgan fingerprint density at radius 1 is 1.17 bits per heavy atom. The van der Waals surface area contributed by atoms with Gasteiger partial charge in [0.25, 0.3) is 0 Å². The average molecular weight is 316 g/mol. The minimum Gasteiger partial charge on any atom is -0.351 e. The van der Waals surface area contributed by atoms with Gasteiger partial charge in [0.05, 0.1) is 0 Å². The number of nitrogens with zero attached hydrogens (tertiary/aromatic N) is 3. The summed E-state index contributed by atoms with van der Waals surface area (Å²) in [5.41, 5.74) is 0.622. The molecule has 4 nitrogen and oxygen atoms in total. The summed E-state index contributed by atoms with van der Waals surface area (Å²) < 4.78 is 15.9. The molecular weight excluding hydrogens is 291 g/mol. The first-order chi connectivity index (χ1) is 11.3. The summed E-state index contributed by atoms with van der Waals surface area (Å²) in [5.74, 6) is 1.52. The van der Waals surface area contributed by atoms with Crippen molar-refractivity contribution in [2.75, 3.05) is 24.5 Å². The number of hydrogen-bond donors (Lipinski definition) is 1. The van der Waals surface area contributed by atoms with Crippen LogP contribution in [0.4, 0.5) is 10.2 Å². The largest absolute Gasteiger partial charge is 0.351 e. The lowest BCUT2D eigenvalue weighted by molar-refractivity contribution is 0.272. The van der Waals surface area contributed by atoms with Gasteiger partial charge in [-0.25, -0.2) is 4.39 Å². The maximum atomic E-state index is 14.2. The first-order valence-corrected chi connectivity index (χ1v) is 8.84.